The summed E-state index contributed by atoms with van der Waals surface area (Å²) in [4.78, 5) is 14.2. The molecule has 0 unspecified atom stereocenters. The number of benzene rings is 1. The van der Waals surface area contributed by atoms with Crippen molar-refractivity contribution < 1.29 is 17.6 Å². The van der Waals surface area contributed by atoms with Crippen molar-refractivity contribution in [2.45, 2.75) is 4.90 Å². The van der Waals surface area contributed by atoms with Crippen LogP contribution in [-0.4, -0.2) is 49.7 Å². The molecule has 0 saturated carbocycles. The molecule has 1 amide bonds. The lowest BCUT2D eigenvalue weighted by Gasteiger charge is -2.33. The van der Waals surface area contributed by atoms with Crippen molar-refractivity contribution in [3.05, 3.63) is 52.9 Å². The molecule has 8 heteroatoms. The largest absolute Gasteiger partial charge is 0.444 e. The molecule has 1 aromatic heterocycles. The maximum absolute atomic E-state index is 12.5. The second-order valence-corrected chi connectivity index (χ2v) is 7.83. The molecular weight excluding hydrogens is 384 g/mol. The third-order valence-corrected chi connectivity index (χ3v) is 6.03. The van der Waals surface area contributed by atoms with Crippen LogP contribution in [-0.2, 0) is 10.0 Å². The van der Waals surface area contributed by atoms with Crippen LogP contribution in [0.3, 0.4) is 0 Å². The van der Waals surface area contributed by atoms with Crippen LogP contribution in [0.5, 0.6) is 0 Å². The van der Waals surface area contributed by atoms with Crippen LogP contribution in [0.2, 0.25) is 0 Å². The molecule has 3 rings (SSSR count). The Hall–Kier alpha value is -1.64. The van der Waals surface area contributed by atoms with Gasteiger partial charge in [0.2, 0.25) is 10.0 Å². The van der Waals surface area contributed by atoms with E-state index in [-0.39, 0.29) is 29.7 Å². The number of sulfonamides is 1. The normalized spacial score (nSPS) is 16.5. The lowest BCUT2D eigenvalue weighted by molar-refractivity contribution is 0.0664. The second-order valence-electron chi connectivity index (χ2n) is 5.11. The predicted octanol–water partition coefficient (Wildman–Crippen LogP) is 2.19. The predicted molar refractivity (Wildman–Crippen MR) is 87.5 cm³/mol. The van der Waals surface area contributed by atoms with Gasteiger partial charge >= 0.3 is 0 Å². The molecule has 0 N–H and O–H groups in total. The lowest BCUT2D eigenvalue weighted by atomic mass is 10.3. The Bertz CT molecular complexity index is 796. The minimum atomic E-state index is -3.51. The smallest absolute Gasteiger partial charge is 0.289 e. The molecular formula is C15H15BrN2O4S. The first-order chi connectivity index (χ1) is 11.0. The first kappa shape index (κ1) is 16.2. The summed E-state index contributed by atoms with van der Waals surface area (Å²) in [6, 6.07) is 11.6. The first-order valence-corrected chi connectivity index (χ1v) is 9.31. The fraction of sp³-hybridized carbons (Fsp3) is 0.267. The van der Waals surface area contributed by atoms with E-state index in [2.05, 4.69) is 15.9 Å². The number of hydrogen-bond acceptors (Lipinski definition) is 4. The number of nitrogens with zero attached hydrogens (tertiary/aromatic N) is 2. The van der Waals surface area contributed by atoms with E-state index in [9.17, 15) is 13.2 Å². The minimum Gasteiger partial charge on any atom is -0.444 e. The van der Waals surface area contributed by atoms with Crippen molar-refractivity contribution >= 4 is 31.9 Å². The highest BCUT2D eigenvalue weighted by molar-refractivity contribution is 9.10. The fourth-order valence-corrected chi connectivity index (χ4v) is 4.21. The molecule has 6 nitrogen and oxygen atoms in total. The molecule has 0 radical (unpaired) electrons. The van der Waals surface area contributed by atoms with Gasteiger partial charge in [-0.15, -0.1) is 0 Å². The highest BCUT2D eigenvalue weighted by Gasteiger charge is 2.31. The number of carbonyl (C=O) groups is 1. The monoisotopic (exact) mass is 398 g/mol. The van der Waals surface area contributed by atoms with E-state index in [1.165, 1.54) is 4.31 Å². The van der Waals surface area contributed by atoms with Gasteiger partial charge in [0.25, 0.3) is 5.91 Å². The summed E-state index contributed by atoms with van der Waals surface area (Å²) in [7, 11) is -3.51. The number of piperazine rings is 1. The molecule has 0 atom stereocenters. The van der Waals surface area contributed by atoms with Gasteiger partial charge in [0.05, 0.1) is 4.90 Å². The SMILES string of the molecule is O=C(c1ccc(Br)o1)N1CCN(S(=O)(=O)c2ccccc2)CC1. The highest BCUT2D eigenvalue weighted by atomic mass is 79.9. The molecule has 0 bridgehead atoms. The molecule has 1 saturated heterocycles. The van der Waals surface area contributed by atoms with Gasteiger partial charge in [0, 0.05) is 26.2 Å². The summed E-state index contributed by atoms with van der Waals surface area (Å²) in [5, 5.41) is 0. The topological polar surface area (TPSA) is 70.8 Å². The second kappa shape index (κ2) is 6.46. The molecule has 1 fully saturated rings. The quantitative estimate of drug-likeness (QED) is 0.794. The number of halogens is 1. The Kier molecular flexibility index (Phi) is 4.56. The van der Waals surface area contributed by atoms with E-state index in [1.54, 1.807) is 47.4 Å². The van der Waals surface area contributed by atoms with E-state index in [1.807, 2.05) is 0 Å². The van der Waals surface area contributed by atoms with Gasteiger partial charge in [-0.25, -0.2) is 8.42 Å². The Labute approximate surface area is 142 Å². The van der Waals surface area contributed by atoms with E-state index >= 15 is 0 Å². The maximum Gasteiger partial charge on any atom is 0.289 e. The Morgan fingerprint density at radius 3 is 2.22 bits per heavy atom. The molecule has 0 spiro atoms. The zero-order valence-corrected chi connectivity index (χ0v) is 14.6. The summed E-state index contributed by atoms with van der Waals surface area (Å²) in [6.45, 7) is 1.21. The van der Waals surface area contributed by atoms with Crippen LogP contribution in [0.4, 0.5) is 0 Å². The number of amides is 1. The Morgan fingerprint density at radius 2 is 1.65 bits per heavy atom. The van der Waals surface area contributed by atoms with Gasteiger partial charge in [-0.05, 0) is 40.2 Å². The molecule has 1 aliphatic rings. The molecule has 0 aliphatic carbocycles. The number of carbonyl (C=O) groups excluding carboxylic acids is 1. The van der Waals surface area contributed by atoms with Gasteiger partial charge in [-0.1, -0.05) is 18.2 Å². The molecule has 2 heterocycles. The summed E-state index contributed by atoms with van der Waals surface area (Å²) in [6.07, 6.45) is 0. The molecule has 1 aromatic carbocycles. The van der Waals surface area contributed by atoms with Gasteiger partial charge in [-0.3, -0.25) is 4.79 Å². The average Bonchev–Trinajstić information content (AvgIpc) is 3.01. The van der Waals surface area contributed by atoms with E-state index in [4.69, 9.17) is 4.42 Å². The van der Waals surface area contributed by atoms with E-state index < -0.39 is 10.0 Å². The zero-order valence-electron chi connectivity index (χ0n) is 12.2. The molecule has 1 aliphatic heterocycles. The van der Waals surface area contributed by atoms with Crippen LogP contribution in [0.1, 0.15) is 10.6 Å². The Balaban J connectivity index is 1.68. The Morgan fingerprint density at radius 1 is 1.00 bits per heavy atom. The highest BCUT2D eigenvalue weighted by Crippen LogP contribution is 2.20. The zero-order chi connectivity index (χ0) is 16.4. The van der Waals surface area contributed by atoms with Crippen LogP contribution < -0.4 is 0 Å². The van der Waals surface area contributed by atoms with Crippen LogP contribution in [0, 0.1) is 0 Å². The van der Waals surface area contributed by atoms with Crippen LogP contribution in [0.25, 0.3) is 0 Å². The summed E-state index contributed by atoms with van der Waals surface area (Å²) < 4.78 is 32.2. The number of furan rings is 1. The van der Waals surface area contributed by atoms with Gasteiger partial charge in [0.1, 0.15) is 0 Å². The molecule has 122 valence electrons. The summed E-state index contributed by atoms with van der Waals surface area (Å²) in [5.41, 5.74) is 0. The van der Waals surface area contributed by atoms with E-state index in [0.717, 1.165) is 0 Å². The van der Waals surface area contributed by atoms with Crippen LogP contribution >= 0.6 is 15.9 Å². The summed E-state index contributed by atoms with van der Waals surface area (Å²) >= 11 is 3.16. The summed E-state index contributed by atoms with van der Waals surface area (Å²) in [5.74, 6) is 0.0173. The molecule has 2 aromatic rings. The fourth-order valence-electron chi connectivity index (χ4n) is 2.46. The third kappa shape index (κ3) is 3.34. The van der Waals surface area contributed by atoms with Crippen molar-refractivity contribution in [3.8, 4) is 0 Å². The van der Waals surface area contributed by atoms with E-state index in [0.29, 0.717) is 17.8 Å². The van der Waals surface area contributed by atoms with Crippen molar-refractivity contribution in [2.75, 3.05) is 26.2 Å². The van der Waals surface area contributed by atoms with Crippen molar-refractivity contribution in [1.29, 1.82) is 0 Å². The average molecular weight is 399 g/mol. The van der Waals surface area contributed by atoms with Gasteiger partial charge in [-0.2, -0.15) is 4.31 Å². The first-order valence-electron chi connectivity index (χ1n) is 7.08. The van der Waals surface area contributed by atoms with Crippen molar-refractivity contribution in [1.82, 2.24) is 9.21 Å². The van der Waals surface area contributed by atoms with Crippen LogP contribution in [0.15, 0.2) is 56.4 Å². The number of hydrogen-bond donors (Lipinski definition) is 0. The minimum absolute atomic E-state index is 0.229. The maximum atomic E-state index is 12.5. The standard InChI is InChI=1S/C15H15BrN2O4S/c16-14-7-6-13(22-14)15(19)17-8-10-18(11-9-17)23(20,21)12-4-2-1-3-5-12/h1-7H,8-11H2. The van der Waals surface area contributed by atoms with Crippen molar-refractivity contribution in [3.63, 3.8) is 0 Å². The third-order valence-electron chi connectivity index (χ3n) is 3.69. The van der Waals surface area contributed by atoms with Gasteiger partial charge in [0.15, 0.2) is 10.4 Å². The lowest BCUT2D eigenvalue weighted by Crippen LogP contribution is -2.50. The number of rotatable bonds is 3. The van der Waals surface area contributed by atoms with Crippen molar-refractivity contribution in [2.24, 2.45) is 0 Å². The van der Waals surface area contributed by atoms with Gasteiger partial charge < -0.3 is 9.32 Å². The molecule has 23 heavy (non-hydrogen) atoms.